The lowest BCUT2D eigenvalue weighted by Gasteiger charge is -2.23. The molecule has 166 valence electrons. The fourth-order valence-corrected chi connectivity index (χ4v) is 5.03. The maximum atomic E-state index is 13.9. The van der Waals surface area contributed by atoms with Crippen LogP contribution in [0.5, 0.6) is 0 Å². The maximum Gasteiger partial charge on any atom is 0.150 e. The average Bonchev–Trinajstić information content (AvgIpc) is 2.93. The maximum absolute atomic E-state index is 13.9. The van der Waals surface area contributed by atoms with Crippen molar-refractivity contribution in [3.8, 4) is 0 Å². The first-order chi connectivity index (χ1) is 15.0. The SMILES string of the molecule is C1CCCCCC1.C=C(Nc1c(F)cc(F)cc1P)N(C)Cc1csc2ccccc12. The van der Waals surface area contributed by atoms with Crippen LogP contribution in [0.25, 0.3) is 10.1 Å². The van der Waals surface area contributed by atoms with E-state index in [2.05, 4.69) is 38.6 Å². The Labute approximate surface area is 190 Å². The van der Waals surface area contributed by atoms with Crippen LogP contribution in [0.3, 0.4) is 0 Å². The second-order valence-corrected chi connectivity index (χ2v) is 9.54. The first-order valence-corrected chi connectivity index (χ1v) is 12.3. The number of rotatable bonds is 5. The van der Waals surface area contributed by atoms with E-state index in [1.807, 2.05) is 24.1 Å². The van der Waals surface area contributed by atoms with Crippen LogP contribution in [-0.4, -0.2) is 11.9 Å². The molecule has 0 bridgehead atoms. The number of hydrogen-bond acceptors (Lipinski definition) is 3. The van der Waals surface area contributed by atoms with E-state index >= 15 is 0 Å². The zero-order valence-electron chi connectivity index (χ0n) is 18.1. The fraction of sp³-hybridized carbons (Fsp3) is 0.360. The molecule has 0 saturated heterocycles. The first-order valence-electron chi connectivity index (χ1n) is 10.8. The zero-order chi connectivity index (χ0) is 22.2. The van der Waals surface area contributed by atoms with Gasteiger partial charge in [0.2, 0.25) is 0 Å². The summed E-state index contributed by atoms with van der Waals surface area (Å²) < 4.78 is 28.4. The van der Waals surface area contributed by atoms with E-state index in [9.17, 15) is 8.78 Å². The van der Waals surface area contributed by atoms with Crippen molar-refractivity contribution in [1.82, 2.24) is 4.90 Å². The molecule has 0 amide bonds. The average molecular weight is 461 g/mol. The molecule has 0 spiro atoms. The summed E-state index contributed by atoms with van der Waals surface area (Å²) in [7, 11) is 4.21. The first kappa shape index (κ1) is 23.7. The summed E-state index contributed by atoms with van der Waals surface area (Å²) in [6.07, 6.45) is 10.5. The third-order valence-corrected chi connectivity index (χ3v) is 7.00. The molecule has 3 aromatic rings. The Kier molecular flexibility index (Phi) is 8.86. The van der Waals surface area contributed by atoms with Gasteiger partial charge in [-0.1, -0.05) is 69.7 Å². The number of fused-ring (bicyclic) bond motifs is 1. The number of nitrogens with zero attached hydrogens (tertiary/aromatic N) is 1. The summed E-state index contributed by atoms with van der Waals surface area (Å²) >= 11 is 1.70. The van der Waals surface area contributed by atoms with E-state index in [0.29, 0.717) is 17.7 Å². The molecule has 1 saturated carbocycles. The topological polar surface area (TPSA) is 15.3 Å². The molecule has 1 N–H and O–H groups in total. The van der Waals surface area contributed by atoms with Gasteiger partial charge in [-0.15, -0.1) is 20.6 Å². The Morgan fingerprint density at radius 2 is 1.68 bits per heavy atom. The Hall–Kier alpha value is -1.97. The molecular weight excluding hydrogens is 429 g/mol. The van der Waals surface area contributed by atoms with Crippen LogP contribution in [0, 0.1) is 11.6 Å². The van der Waals surface area contributed by atoms with Gasteiger partial charge < -0.3 is 10.2 Å². The van der Waals surface area contributed by atoms with Crippen molar-refractivity contribution >= 4 is 41.7 Å². The Balaban J connectivity index is 0.000000330. The van der Waals surface area contributed by atoms with Gasteiger partial charge in [0.05, 0.1) is 11.5 Å². The Morgan fingerprint density at radius 1 is 1.06 bits per heavy atom. The third kappa shape index (κ3) is 6.75. The van der Waals surface area contributed by atoms with Crippen LogP contribution < -0.4 is 10.6 Å². The van der Waals surface area contributed by atoms with Crippen LogP contribution in [0.4, 0.5) is 14.5 Å². The molecule has 31 heavy (non-hydrogen) atoms. The van der Waals surface area contributed by atoms with Gasteiger partial charge in [-0.2, -0.15) is 0 Å². The van der Waals surface area contributed by atoms with Crippen LogP contribution in [-0.2, 0) is 6.54 Å². The molecular formula is C25H31F2N2PS. The minimum Gasteiger partial charge on any atom is -0.357 e. The van der Waals surface area contributed by atoms with Gasteiger partial charge in [-0.25, -0.2) is 8.78 Å². The van der Waals surface area contributed by atoms with Gasteiger partial charge in [-0.05, 0) is 33.8 Å². The summed E-state index contributed by atoms with van der Waals surface area (Å²) in [5, 5.41) is 6.69. The predicted octanol–water partition coefficient (Wildman–Crippen LogP) is 7.43. The summed E-state index contributed by atoms with van der Waals surface area (Å²) in [6.45, 7) is 4.61. The summed E-state index contributed by atoms with van der Waals surface area (Å²) in [6, 6.07) is 10.3. The Morgan fingerprint density at radius 3 is 2.29 bits per heavy atom. The third-order valence-electron chi connectivity index (χ3n) is 5.53. The van der Waals surface area contributed by atoms with Crippen LogP contribution in [0.15, 0.2) is 54.2 Å². The monoisotopic (exact) mass is 460 g/mol. The smallest absolute Gasteiger partial charge is 0.150 e. The highest BCUT2D eigenvalue weighted by Gasteiger charge is 2.13. The van der Waals surface area contributed by atoms with E-state index < -0.39 is 11.6 Å². The number of thiophene rings is 1. The van der Waals surface area contributed by atoms with Crippen molar-refractivity contribution in [2.75, 3.05) is 12.4 Å². The lowest BCUT2D eigenvalue weighted by molar-refractivity contribution is 0.419. The van der Waals surface area contributed by atoms with E-state index in [1.54, 1.807) is 11.3 Å². The lowest BCUT2D eigenvalue weighted by atomic mass is 10.2. The second-order valence-electron chi connectivity index (χ2n) is 8.01. The number of halogens is 2. The van der Waals surface area contributed by atoms with Crippen molar-refractivity contribution in [2.24, 2.45) is 0 Å². The molecule has 0 aliphatic heterocycles. The second kappa shape index (κ2) is 11.6. The number of benzene rings is 2. The van der Waals surface area contributed by atoms with E-state index in [1.165, 1.54) is 66.7 Å². The number of anilines is 1. The minimum atomic E-state index is -0.643. The molecule has 0 radical (unpaired) electrons. The lowest BCUT2D eigenvalue weighted by Crippen LogP contribution is -2.23. The highest BCUT2D eigenvalue weighted by Crippen LogP contribution is 2.27. The molecule has 1 atom stereocenters. The standard InChI is InChI=1S/C18H17F2N2PS.C7H14/c1-11(21-18-15(20)7-13(19)8-16(18)23)22(2)9-12-10-24-17-6-4-3-5-14(12)17;1-2-4-6-7-5-3-1/h3-8,10,21H,1,9,23H2,2H3;1-7H2. The molecule has 1 aromatic heterocycles. The van der Waals surface area contributed by atoms with E-state index in [0.717, 1.165) is 6.07 Å². The predicted molar refractivity (Wildman–Crippen MR) is 134 cm³/mol. The van der Waals surface area contributed by atoms with Gasteiger partial charge in [-0.3, -0.25) is 0 Å². The molecule has 2 aromatic carbocycles. The van der Waals surface area contributed by atoms with Crippen molar-refractivity contribution in [2.45, 2.75) is 51.5 Å². The molecule has 4 rings (SSSR count). The zero-order valence-corrected chi connectivity index (χ0v) is 20.1. The highest BCUT2D eigenvalue weighted by atomic mass is 32.1. The summed E-state index contributed by atoms with van der Waals surface area (Å²) in [4.78, 5) is 1.90. The molecule has 6 heteroatoms. The molecule has 1 aliphatic rings. The van der Waals surface area contributed by atoms with Crippen LogP contribution >= 0.6 is 20.6 Å². The van der Waals surface area contributed by atoms with Crippen LogP contribution in [0.1, 0.15) is 50.5 Å². The van der Waals surface area contributed by atoms with Crippen molar-refractivity contribution < 1.29 is 8.78 Å². The summed E-state index contributed by atoms with van der Waals surface area (Å²) in [5.74, 6) is -0.707. The molecule has 1 aliphatic carbocycles. The Bertz CT molecular complexity index is 975. The minimum absolute atomic E-state index is 0.216. The quantitative estimate of drug-likeness (QED) is 0.315. The van der Waals surface area contributed by atoms with Gasteiger partial charge in [0.15, 0.2) is 0 Å². The molecule has 1 heterocycles. The largest absolute Gasteiger partial charge is 0.357 e. The molecule has 1 fully saturated rings. The van der Waals surface area contributed by atoms with E-state index in [-0.39, 0.29) is 5.69 Å². The van der Waals surface area contributed by atoms with Gasteiger partial charge >= 0.3 is 0 Å². The van der Waals surface area contributed by atoms with Gasteiger partial charge in [0.25, 0.3) is 0 Å². The number of hydrogen-bond donors (Lipinski definition) is 1. The van der Waals surface area contributed by atoms with Crippen molar-refractivity contribution in [1.29, 1.82) is 0 Å². The number of nitrogens with one attached hydrogen (secondary N) is 1. The van der Waals surface area contributed by atoms with Crippen molar-refractivity contribution in [3.05, 3.63) is 71.4 Å². The van der Waals surface area contributed by atoms with Gasteiger partial charge in [0, 0.05) is 24.4 Å². The van der Waals surface area contributed by atoms with Gasteiger partial charge in [0.1, 0.15) is 11.6 Å². The molecule has 1 unspecified atom stereocenters. The normalized spacial score (nSPS) is 13.8. The highest BCUT2D eigenvalue weighted by molar-refractivity contribution is 7.28. The summed E-state index contributed by atoms with van der Waals surface area (Å²) in [5.41, 5.74) is 1.40. The van der Waals surface area contributed by atoms with Crippen molar-refractivity contribution in [3.63, 3.8) is 0 Å². The fourth-order valence-electron chi connectivity index (χ4n) is 3.71. The molecule has 2 nitrogen and oxygen atoms in total. The van der Waals surface area contributed by atoms with E-state index in [4.69, 9.17) is 0 Å². The van der Waals surface area contributed by atoms with Crippen LogP contribution in [0.2, 0.25) is 0 Å².